The summed E-state index contributed by atoms with van der Waals surface area (Å²) >= 11 is 4.57. The van der Waals surface area contributed by atoms with Crippen molar-refractivity contribution < 1.29 is 9.18 Å². The highest BCUT2D eigenvalue weighted by Crippen LogP contribution is 2.26. The summed E-state index contributed by atoms with van der Waals surface area (Å²) in [5.41, 5.74) is 5.90. The number of hydrogen-bond acceptors (Lipinski definition) is 3. The third kappa shape index (κ3) is 2.77. The summed E-state index contributed by atoms with van der Waals surface area (Å²) < 4.78 is 14.0. The molecule has 0 aliphatic carbocycles. The fraction of sp³-hybridized carbons (Fsp3) is 0.0833. The van der Waals surface area contributed by atoms with Crippen molar-refractivity contribution in [3.8, 4) is 0 Å². The van der Waals surface area contributed by atoms with Crippen molar-refractivity contribution >= 4 is 38.9 Å². The topological polar surface area (TPSA) is 55.1 Å². The first kappa shape index (κ1) is 13.2. The van der Waals surface area contributed by atoms with Crippen LogP contribution in [0.5, 0.6) is 0 Å². The largest absolute Gasteiger partial charge is 0.321 e. The van der Waals surface area contributed by atoms with E-state index in [1.165, 1.54) is 17.4 Å². The quantitative estimate of drug-likeness (QED) is 0.908. The molecule has 0 aliphatic heterocycles. The van der Waals surface area contributed by atoms with Crippen LogP contribution in [0.3, 0.4) is 0 Å². The Morgan fingerprint density at radius 1 is 1.39 bits per heavy atom. The van der Waals surface area contributed by atoms with Crippen molar-refractivity contribution in [2.75, 3.05) is 5.32 Å². The van der Waals surface area contributed by atoms with Gasteiger partial charge in [0.2, 0.25) is 5.91 Å². The van der Waals surface area contributed by atoms with Crippen molar-refractivity contribution in [3.63, 3.8) is 0 Å². The molecule has 1 aromatic carbocycles. The second-order valence-electron chi connectivity index (χ2n) is 3.58. The van der Waals surface area contributed by atoms with Crippen molar-refractivity contribution in [2.24, 2.45) is 5.73 Å². The van der Waals surface area contributed by atoms with Gasteiger partial charge in [0, 0.05) is 9.35 Å². The molecular formula is C12H10BrFN2OS. The zero-order valence-electron chi connectivity index (χ0n) is 9.19. The number of amides is 1. The van der Waals surface area contributed by atoms with Gasteiger partial charge in [0.15, 0.2) is 0 Å². The van der Waals surface area contributed by atoms with Crippen LogP contribution in [0.25, 0.3) is 0 Å². The first-order valence-corrected chi connectivity index (χ1v) is 6.80. The minimum atomic E-state index is -0.795. The van der Waals surface area contributed by atoms with Crippen molar-refractivity contribution in [3.05, 3.63) is 50.9 Å². The molecule has 0 radical (unpaired) electrons. The molecule has 0 spiro atoms. The standard InChI is InChI=1S/C12H10BrFN2OS/c13-7-3-1-4-8(14)11(7)16-12(17)10(15)9-5-2-6-18-9/h1-6,10H,15H2,(H,16,17). The second kappa shape index (κ2) is 5.60. The van der Waals surface area contributed by atoms with Gasteiger partial charge in [-0.05, 0) is 39.5 Å². The minimum absolute atomic E-state index is 0.106. The summed E-state index contributed by atoms with van der Waals surface area (Å²) in [6.07, 6.45) is 0. The molecule has 0 aliphatic rings. The van der Waals surface area contributed by atoms with E-state index in [0.29, 0.717) is 4.47 Å². The zero-order chi connectivity index (χ0) is 13.1. The number of anilines is 1. The van der Waals surface area contributed by atoms with Gasteiger partial charge >= 0.3 is 0 Å². The van der Waals surface area contributed by atoms with E-state index in [1.807, 2.05) is 11.4 Å². The lowest BCUT2D eigenvalue weighted by Crippen LogP contribution is -2.27. The van der Waals surface area contributed by atoms with E-state index in [-0.39, 0.29) is 5.69 Å². The fourth-order valence-corrected chi connectivity index (χ4v) is 2.58. The Hall–Kier alpha value is -1.24. The number of rotatable bonds is 3. The fourth-order valence-electron chi connectivity index (χ4n) is 1.42. The van der Waals surface area contributed by atoms with E-state index < -0.39 is 17.8 Å². The molecule has 0 bridgehead atoms. The average molecular weight is 329 g/mol. The summed E-state index contributed by atoms with van der Waals surface area (Å²) in [6, 6.07) is 7.26. The van der Waals surface area contributed by atoms with E-state index in [4.69, 9.17) is 5.73 Å². The van der Waals surface area contributed by atoms with Crippen LogP contribution < -0.4 is 11.1 Å². The van der Waals surface area contributed by atoms with Crippen LogP contribution in [-0.2, 0) is 4.79 Å². The molecule has 2 rings (SSSR count). The first-order valence-electron chi connectivity index (χ1n) is 5.13. The maximum absolute atomic E-state index is 13.5. The summed E-state index contributed by atoms with van der Waals surface area (Å²) in [7, 11) is 0. The number of carbonyl (C=O) groups is 1. The molecular weight excluding hydrogens is 319 g/mol. The predicted molar refractivity (Wildman–Crippen MR) is 74.0 cm³/mol. The van der Waals surface area contributed by atoms with E-state index in [9.17, 15) is 9.18 Å². The smallest absolute Gasteiger partial charge is 0.246 e. The predicted octanol–water partition coefficient (Wildman–Crippen LogP) is 3.29. The molecule has 1 atom stereocenters. The summed E-state index contributed by atoms with van der Waals surface area (Å²) in [4.78, 5) is 12.6. The third-order valence-electron chi connectivity index (χ3n) is 2.34. The number of carbonyl (C=O) groups excluding carboxylic acids is 1. The number of nitrogens with two attached hydrogens (primary N) is 1. The molecule has 6 heteroatoms. The Balaban J connectivity index is 2.17. The number of nitrogens with one attached hydrogen (secondary N) is 1. The average Bonchev–Trinajstić information content (AvgIpc) is 2.86. The molecule has 0 saturated heterocycles. The van der Waals surface area contributed by atoms with E-state index in [2.05, 4.69) is 21.2 Å². The first-order chi connectivity index (χ1) is 8.59. The zero-order valence-corrected chi connectivity index (χ0v) is 11.6. The number of benzene rings is 1. The number of para-hydroxylation sites is 1. The summed E-state index contributed by atoms with van der Waals surface area (Å²) in [6.45, 7) is 0. The molecule has 2 aromatic rings. The highest BCUT2D eigenvalue weighted by Gasteiger charge is 2.19. The van der Waals surface area contributed by atoms with Crippen LogP contribution >= 0.6 is 27.3 Å². The summed E-state index contributed by atoms with van der Waals surface area (Å²) in [5, 5.41) is 4.32. The van der Waals surface area contributed by atoms with Gasteiger partial charge in [0.1, 0.15) is 11.9 Å². The van der Waals surface area contributed by atoms with Crippen molar-refractivity contribution in [1.29, 1.82) is 0 Å². The van der Waals surface area contributed by atoms with Crippen LogP contribution in [0.1, 0.15) is 10.9 Å². The molecule has 0 saturated carbocycles. The maximum atomic E-state index is 13.5. The maximum Gasteiger partial charge on any atom is 0.246 e. The Bertz CT molecular complexity index is 539. The van der Waals surface area contributed by atoms with Gasteiger partial charge in [-0.1, -0.05) is 12.1 Å². The molecule has 1 amide bonds. The van der Waals surface area contributed by atoms with Gasteiger partial charge in [0.05, 0.1) is 5.69 Å². The lowest BCUT2D eigenvalue weighted by molar-refractivity contribution is -0.117. The highest BCUT2D eigenvalue weighted by atomic mass is 79.9. The van der Waals surface area contributed by atoms with Crippen LogP contribution in [0.2, 0.25) is 0 Å². The molecule has 18 heavy (non-hydrogen) atoms. The normalized spacial score (nSPS) is 12.2. The summed E-state index contributed by atoms with van der Waals surface area (Å²) in [5.74, 6) is -0.945. The van der Waals surface area contributed by atoms with Gasteiger partial charge in [0.25, 0.3) is 0 Å². The Kier molecular flexibility index (Phi) is 4.11. The van der Waals surface area contributed by atoms with E-state index >= 15 is 0 Å². The molecule has 3 nitrogen and oxygen atoms in total. The molecule has 94 valence electrons. The van der Waals surface area contributed by atoms with Crippen LogP contribution in [0.4, 0.5) is 10.1 Å². The highest BCUT2D eigenvalue weighted by molar-refractivity contribution is 9.10. The third-order valence-corrected chi connectivity index (χ3v) is 3.96. The van der Waals surface area contributed by atoms with Gasteiger partial charge in [-0.2, -0.15) is 0 Å². The lowest BCUT2D eigenvalue weighted by atomic mass is 10.2. The van der Waals surface area contributed by atoms with Crippen LogP contribution in [-0.4, -0.2) is 5.91 Å². The van der Waals surface area contributed by atoms with Crippen LogP contribution in [0.15, 0.2) is 40.2 Å². The van der Waals surface area contributed by atoms with Crippen molar-refractivity contribution in [1.82, 2.24) is 0 Å². The Labute approximate surface area is 116 Å². The minimum Gasteiger partial charge on any atom is -0.321 e. The Morgan fingerprint density at radius 2 is 2.17 bits per heavy atom. The number of hydrogen-bond donors (Lipinski definition) is 2. The number of halogens is 2. The molecule has 3 N–H and O–H groups in total. The second-order valence-corrected chi connectivity index (χ2v) is 5.41. The van der Waals surface area contributed by atoms with Crippen LogP contribution in [0, 0.1) is 5.82 Å². The van der Waals surface area contributed by atoms with Gasteiger partial charge in [-0.15, -0.1) is 11.3 Å². The molecule has 1 heterocycles. The monoisotopic (exact) mass is 328 g/mol. The van der Waals surface area contributed by atoms with Gasteiger partial charge < -0.3 is 11.1 Å². The van der Waals surface area contributed by atoms with Gasteiger partial charge in [-0.3, -0.25) is 4.79 Å². The Morgan fingerprint density at radius 3 is 2.78 bits per heavy atom. The SMILES string of the molecule is NC(C(=O)Nc1c(F)cccc1Br)c1cccs1. The molecule has 0 fully saturated rings. The van der Waals surface area contributed by atoms with Crippen molar-refractivity contribution in [2.45, 2.75) is 6.04 Å². The van der Waals surface area contributed by atoms with E-state index in [0.717, 1.165) is 4.88 Å². The van der Waals surface area contributed by atoms with Gasteiger partial charge in [-0.25, -0.2) is 4.39 Å². The molecule has 1 aromatic heterocycles. The molecule has 1 unspecified atom stereocenters. The van der Waals surface area contributed by atoms with E-state index in [1.54, 1.807) is 18.2 Å². The number of thiophene rings is 1. The lowest BCUT2D eigenvalue weighted by Gasteiger charge is -2.12.